The molecule has 0 spiro atoms. The van der Waals surface area contributed by atoms with Crippen molar-refractivity contribution in [1.82, 2.24) is 0 Å². The van der Waals surface area contributed by atoms with Gasteiger partial charge in [0.1, 0.15) is 0 Å². The molecule has 0 aliphatic carbocycles. The maximum absolute atomic E-state index is 10.9. The normalized spacial score (nSPS) is 9.42. The second-order valence-corrected chi connectivity index (χ2v) is 2.66. The van der Waals surface area contributed by atoms with Gasteiger partial charge in [0.15, 0.2) is 0 Å². The first-order chi connectivity index (χ1) is 5.65. The Morgan fingerprint density at radius 2 is 2.25 bits per heavy atom. The van der Waals surface area contributed by atoms with Crippen LogP contribution in [0.25, 0.3) is 6.08 Å². The SMILES string of the molecule is C=Cc1ccc(C)cc1C(N)=O. The molecule has 0 saturated heterocycles. The summed E-state index contributed by atoms with van der Waals surface area (Å²) in [6.45, 7) is 5.51. The van der Waals surface area contributed by atoms with Gasteiger partial charge in [-0.25, -0.2) is 0 Å². The molecule has 1 aromatic carbocycles. The van der Waals surface area contributed by atoms with Gasteiger partial charge in [0.05, 0.1) is 0 Å². The molecule has 1 aromatic rings. The molecule has 0 aliphatic heterocycles. The van der Waals surface area contributed by atoms with Crippen LogP contribution in [0.1, 0.15) is 21.5 Å². The Kier molecular flexibility index (Phi) is 2.29. The first-order valence-corrected chi connectivity index (χ1v) is 3.68. The molecule has 0 saturated carbocycles. The average molecular weight is 161 g/mol. The van der Waals surface area contributed by atoms with Gasteiger partial charge in [-0.15, -0.1) is 0 Å². The van der Waals surface area contributed by atoms with E-state index in [9.17, 15) is 4.79 Å². The van der Waals surface area contributed by atoms with E-state index in [4.69, 9.17) is 5.73 Å². The van der Waals surface area contributed by atoms with Gasteiger partial charge in [0.2, 0.25) is 5.91 Å². The Bertz CT molecular complexity index is 329. The van der Waals surface area contributed by atoms with E-state index in [0.29, 0.717) is 5.56 Å². The summed E-state index contributed by atoms with van der Waals surface area (Å²) in [6.07, 6.45) is 1.62. The monoisotopic (exact) mass is 161 g/mol. The number of hydrogen-bond donors (Lipinski definition) is 1. The van der Waals surface area contributed by atoms with Crippen LogP contribution in [0.4, 0.5) is 0 Å². The van der Waals surface area contributed by atoms with Crippen molar-refractivity contribution in [3.8, 4) is 0 Å². The summed E-state index contributed by atoms with van der Waals surface area (Å²) in [7, 11) is 0. The van der Waals surface area contributed by atoms with Gasteiger partial charge in [0, 0.05) is 5.56 Å². The minimum absolute atomic E-state index is 0.409. The second kappa shape index (κ2) is 3.22. The number of amides is 1. The van der Waals surface area contributed by atoms with E-state index >= 15 is 0 Å². The van der Waals surface area contributed by atoms with Crippen molar-refractivity contribution in [2.24, 2.45) is 5.73 Å². The number of carbonyl (C=O) groups excluding carboxylic acids is 1. The Balaban J connectivity index is 3.30. The number of primary amides is 1. The zero-order valence-electron chi connectivity index (χ0n) is 7.00. The lowest BCUT2D eigenvalue weighted by Crippen LogP contribution is -2.12. The summed E-state index contributed by atoms with van der Waals surface area (Å²) in [5, 5.41) is 0. The van der Waals surface area contributed by atoms with E-state index in [0.717, 1.165) is 11.1 Å². The number of nitrogens with two attached hydrogens (primary N) is 1. The third kappa shape index (κ3) is 1.53. The molecule has 12 heavy (non-hydrogen) atoms. The van der Waals surface area contributed by atoms with Crippen molar-refractivity contribution in [2.45, 2.75) is 6.92 Å². The highest BCUT2D eigenvalue weighted by Crippen LogP contribution is 2.11. The molecule has 62 valence electrons. The summed E-state index contributed by atoms with van der Waals surface area (Å²) < 4.78 is 0. The molecule has 0 unspecified atom stereocenters. The number of rotatable bonds is 2. The number of benzene rings is 1. The quantitative estimate of drug-likeness (QED) is 0.705. The van der Waals surface area contributed by atoms with Crippen LogP contribution in [-0.4, -0.2) is 5.91 Å². The van der Waals surface area contributed by atoms with Gasteiger partial charge in [-0.2, -0.15) is 0 Å². The maximum Gasteiger partial charge on any atom is 0.249 e. The maximum atomic E-state index is 10.9. The topological polar surface area (TPSA) is 43.1 Å². The van der Waals surface area contributed by atoms with Gasteiger partial charge in [-0.05, 0) is 18.6 Å². The van der Waals surface area contributed by atoms with Crippen LogP contribution >= 0.6 is 0 Å². The molecular weight excluding hydrogens is 150 g/mol. The molecule has 0 aliphatic rings. The minimum atomic E-state index is -0.409. The standard InChI is InChI=1S/C10H11NO/c1-3-8-5-4-7(2)6-9(8)10(11)12/h3-6H,1H2,2H3,(H2,11,12). The van der Waals surface area contributed by atoms with Crippen molar-refractivity contribution < 1.29 is 4.79 Å². The summed E-state index contributed by atoms with van der Waals surface area (Å²) in [4.78, 5) is 10.9. The zero-order chi connectivity index (χ0) is 9.14. The lowest BCUT2D eigenvalue weighted by molar-refractivity contribution is 0.1000. The number of aryl methyl sites for hydroxylation is 1. The molecule has 0 fully saturated rings. The van der Waals surface area contributed by atoms with E-state index < -0.39 is 5.91 Å². The molecule has 2 nitrogen and oxygen atoms in total. The van der Waals surface area contributed by atoms with Gasteiger partial charge in [-0.1, -0.05) is 30.4 Å². The lowest BCUT2D eigenvalue weighted by atomic mass is 10.0. The molecule has 1 amide bonds. The van der Waals surface area contributed by atoms with E-state index in [1.165, 1.54) is 0 Å². The molecule has 0 radical (unpaired) electrons. The lowest BCUT2D eigenvalue weighted by Gasteiger charge is -2.02. The van der Waals surface area contributed by atoms with Crippen LogP contribution in [0.2, 0.25) is 0 Å². The number of hydrogen-bond acceptors (Lipinski definition) is 1. The summed E-state index contributed by atoms with van der Waals surface area (Å²) in [5.74, 6) is -0.409. The smallest absolute Gasteiger partial charge is 0.249 e. The largest absolute Gasteiger partial charge is 0.366 e. The number of carbonyl (C=O) groups is 1. The highest BCUT2D eigenvalue weighted by atomic mass is 16.1. The highest BCUT2D eigenvalue weighted by Gasteiger charge is 2.04. The molecular formula is C10H11NO. The molecule has 0 bridgehead atoms. The summed E-state index contributed by atoms with van der Waals surface area (Å²) >= 11 is 0. The molecule has 0 aromatic heterocycles. The van der Waals surface area contributed by atoms with Crippen LogP contribution in [0.5, 0.6) is 0 Å². The molecule has 2 N–H and O–H groups in total. The first-order valence-electron chi connectivity index (χ1n) is 3.68. The fraction of sp³-hybridized carbons (Fsp3) is 0.100. The van der Waals surface area contributed by atoms with E-state index in [-0.39, 0.29) is 0 Å². The molecule has 0 heterocycles. The third-order valence-corrected chi connectivity index (χ3v) is 1.69. The molecule has 2 heteroatoms. The van der Waals surface area contributed by atoms with Gasteiger partial charge < -0.3 is 5.73 Å². The average Bonchev–Trinajstić information content (AvgIpc) is 2.04. The van der Waals surface area contributed by atoms with E-state index in [1.807, 2.05) is 19.1 Å². The first kappa shape index (κ1) is 8.53. The van der Waals surface area contributed by atoms with Gasteiger partial charge in [0.25, 0.3) is 0 Å². The minimum Gasteiger partial charge on any atom is -0.366 e. The zero-order valence-corrected chi connectivity index (χ0v) is 7.00. The van der Waals surface area contributed by atoms with Gasteiger partial charge in [-0.3, -0.25) is 4.79 Å². The van der Waals surface area contributed by atoms with E-state index in [1.54, 1.807) is 12.1 Å². The van der Waals surface area contributed by atoms with Crippen molar-refractivity contribution in [3.63, 3.8) is 0 Å². The Morgan fingerprint density at radius 1 is 1.58 bits per heavy atom. The Labute approximate surface area is 71.7 Å². The van der Waals surface area contributed by atoms with Crippen LogP contribution in [0.3, 0.4) is 0 Å². The van der Waals surface area contributed by atoms with E-state index in [2.05, 4.69) is 6.58 Å². The van der Waals surface area contributed by atoms with Crippen LogP contribution in [-0.2, 0) is 0 Å². The molecule has 0 atom stereocenters. The fourth-order valence-electron chi connectivity index (χ4n) is 1.06. The van der Waals surface area contributed by atoms with Crippen molar-refractivity contribution >= 4 is 12.0 Å². The summed E-state index contributed by atoms with van der Waals surface area (Å²) in [6, 6.07) is 5.52. The third-order valence-electron chi connectivity index (χ3n) is 1.69. The predicted molar refractivity (Wildman–Crippen MR) is 49.8 cm³/mol. The van der Waals surface area contributed by atoms with Crippen LogP contribution in [0, 0.1) is 6.92 Å². The second-order valence-electron chi connectivity index (χ2n) is 2.66. The Morgan fingerprint density at radius 3 is 2.75 bits per heavy atom. The fourth-order valence-corrected chi connectivity index (χ4v) is 1.06. The Hall–Kier alpha value is -1.57. The van der Waals surface area contributed by atoms with Crippen molar-refractivity contribution in [1.29, 1.82) is 0 Å². The molecule has 1 rings (SSSR count). The van der Waals surface area contributed by atoms with Crippen molar-refractivity contribution in [3.05, 3.63) is 41.5 Å². The predicted octanol–water partition coefficient (Wildman–Crippen LogP) is 1.74. The van der Waals surface area contributed by atoms with Crippen molar-refractivity contribution in [2.75, 3.05) is 0 Å². The van der Waals surface area contributed by atoms with Crippen LogP contribution < -0.4 is 5.73 Å². The van der Waals surface area contributed by atoms with Crippen LogP contribution in [0.15, 0.2) is 24.8 Å². The van der Waals surface area contributed by atoms with Gasteiger partial charge >= 0.3 is 0 Å². The summed E-state index contributed by atoms with van der Waals surface area (Å²) in [5.41, 5.74) is 7.51. The highest BCUT2D eigenvalue weighted by molar-refractivity contribution is 5.96.